The smallest absolute Gasteiger partial charge is 0.107 e. The molecule has 1 N–H and O–H groups in total. The molecule has 0 amide bonds. The van der Waals surface area contributed by atoms with Gasteiger partial charge in [0, 0.05) is 43.6 Å². The van der Waals surface area contributed by atoms with Crippen molar-refractivity contribution in [1.29, 1.82) is 0 Å². The number of rotatable bonds is 6. The highest BCUT2D eigenvalue weighted by Gasteiger charge is 2.22. The minimum absolute atomic E-state index is 0.517. The van der Waals surface area contributed by atoms with Gasteiger partial charge < -0.3 is 10.2 Å². The Hall–Kier alpha value is -0.490. The maximum Gasteiger partial charge on any atom is 0.107 e. The minimum atomic E-state index is 0.517. The van der Waals surface area contributed by atoms with E-state index in [9.17, 15) is 0 Å². The van der Waals surface area contributed by atoms with Crippen molar-refractivity contribution in [1.82, 2.24) is 20.1 Å². The molecule has 0 aliphatic carbocycles. The summed E-state index contributed by atoms with van der Waals surface area (Å²) in [6.07, 6.45) is 2.48. The van der Waals surface area contributed by atoms with Gasteiger partial charge in [0.2, 0.25) is 0 Å². The van der Waals surface area contributed by atoms with Crippen LogP contribution in [0, 0.1) is 0 Å². The lowest BCUT2D eigenvalue weighted by Gasteiger charge is -2.29. The van der Waals surface area contributed by atoms with Crippen molar-refractivity contribution in [2.75, 3.05) is 26.7 Å². The number of nitrogens with one attached hydrogen (secondary N) is 1. The summed E-state index contributed by atoms with van der Waals surface area (Å²) in [5, 5.41) is 6.88. The molecule has 1 aliphatic heterocycles. The Balaban J connectivity index is 1.93. The molecule has 1 unspecified atom stereocenters. The van der Waals surface area contributed by atoms with E-state index in [1.165, 1.54) is 43.2 Å². The predicted octanol–water partition coefficient (Wildman–Crippen LogP) is 2.56. The zero-order valence-electron chi connectivity index (χ0n) is 13.9. The second-order valence-corrected chi connectivity index (χ2v) is 7.36. The third-order valence-corrected chi connectivity index (χ3v) is 5.02. The number of hydrogen-bond donors (Lipinski definition) is 1. The summed E-state index contributed by atoms with van der Waals surface area (Å²) < 4.78 is 0. The standard InChI is InChI=1S/C16H30N4S/c1-5-15-11-19(4)7-6-8-20(15)10-14-12-21-16(18-14)9-17-13(2)3/h12-13,15,17H,5-11H2,1-4H3. The van der Waals surface area contributed by atoms with E-state index >= 15 is 0 Å². The van der Waals surface area contributed by atoms with Gasteiger partial charge in [0.15, 0.2) is 0 Å². The van der Waals surface area contributed by atoms with E-state index in [4.69, 9.17) is 4.98 Å². The number of hydrogen-bond acceptors (Lipinski definition) is 5. The molecule has 5 heteroatoms. The lowest BCUT2D eigenvalue weighted by atomic mass is 10.2. The van der Waals surface area contributed by atoms with Gasteiger partial charge in [-0.25, -0.2) is 4.98 Å². The predicted molar refractivity (Wildman–Crippen MR) is 90.7 cm³/mol. The molecule has 1 saturated heterocycles. The Kier molecular flexibility index (Phi) is 6.61. The zero-order valence-corrected chi connectivity index (χ0v) is 14.7. The molecular weight excluding hydrogens is 280 g/mol. The van der Waals surface area contributed by atoms with Crippen LogP contribution in [0.1, 0.15) is 44.3 Å². The monoisotopic (exact) mass is 310 g/mol. The van der Waals surface area contributed by atoms with Crippen molar-refractivity contribution in [3.8, 4) is 0 Å². The molecule has 0 saturated carbocycles. The van der Waals surface area contributed by atoms with E-state index in [1.54, 1.807) is 11.3 Å². The quantitative estimate of drug-likeness (QED) is 0.875. The number of nitrogens with zero attached hydrogens (tertiary/aromatic N) is 3. The zero-order chi connectivity index (χ0) is 15.2. The van der Waals surface area contributed by atoms with Crippen LogP contribution in [-0.4, -0.2) is 53.5 Å². The molecule has 4 nitrogen and oxygen atoms in total. The molecule has 21 heavy (non-hydrogen) atoms. The highest BCUT2D eigenvalue weighted by molar-refractivity contribution is 7.09. The SMILES string of the molecule is CCC1CN(C)CCCN1Cc1csc(CNC(C)C)n1. The van der Waals surface area contributed by atoms with Crippen LogP contribution in [0.5, 0.6) is 0 Å². The van der Waals surface area contributed by atoms with Crippen LogP contribution in [0.3, 0.4) is 0 Å². The molecule has 1 fully saturated rings. The average Bonchev–Trinajstić information content (AvgIpc) is 2.81. The van der Waals surface area contributed by atoms with E-state index in [1.807, 2.05) is 0 Å². The van der Waals surface area contributed by atoms with Gasteiger partial charge in [-0.05, 0) is 26.4 Å². The molecule has 2 rings (SSSR count). The summed E-state index contributed by atoms with van der Waals surface area (Å²) in [5.74, 6) is 0. The van der Waals surface area contributed by atoms with Gasteiger partial charge in [0.1, 0.15) is 5.01 Å². The second-order valence-electron chi connectivity index (χ2n) is 6.42. The first-order valence-electron chi connectivity index (χ1n) is 8.17. The Morgan fingerprint density at radius 2 is 2.24 bits per heavy atom. The van der Waals surface area contributed by atoms with Crippen molar-refractivity contribution in [2.45, 2.75) is 58.8 Å². The Labute approximate surface area is 133 Å². The highest BCUT2D eigenvalue weighted by atomic mass is 32.1. The topological polar surface area (TPSA) is 31.4 Å². The first-order valence-corrected chi connectivity index (χ1v) is 9.05. The summed E-state index contributed by atoms with van der Waals surface area (Å²) >= 11 is 1.78. The van der Waals surface area contributed by atoms with Crippen LogP contribution in [0.15, 0.2) is 5.38 Å². The summed E-state index contributed by atoms with van der Waals surface area (Å²) in [5.41, 5.74) is 1.24. The number of likely N-dealkylation sites (N-methyl/N-ethyl adjacent to an activating group) is 1. The maximum absolute atomic E-state index is 4.80. The Morgan fingerprint density at radius 3 is 2.95 bits per heavy atom. The summed E-state index contributed by atoms with van der Waals surface area (Å²) in [7, 11) is 2.24. The third kappa shape index (κ3) is 5.33. The average molecular weight is 311 g/mol. The number of thiazole rings is 1. The largest absolute Gasteiger partial charge is 0.308 e. The third-order valence-electron chi connectivity index (χ3n) is 4.12. The van der Waals surface area contributed by atoms with E-state index in [2.05, 4.69) is 48.3 Å². The van der Waals surface area contributed by atoms with Gasteiger partial charge in [-0.15, -0.1) is 11.3 Å². The van der Waals surface area contributed by atoms with Crippen molar-refractivity contribution in [3.05, 3.63) is 16.1 Å². The summed E-state index contributed by atoms with van der Waals surface area (Å²) in [6.45, 7) is 12.1. The molecule has 2 heterocycles. The molecule has 1 aliphatic rings. The van der Waals surface area contributed by atoms with Gasteiger partial charge in [-0.2, -0.15) is 0 Å². The first kappa shape index (κ1) is 16.9. The van der Waals surface area contributed by atoms with Crippen molar-refractivity contribution >= 4 is 11.3 Å². The van der Waals surface area contributed by atoms with Crippen LogP contribution in [0.4, 0.5) is 0 Å². The number of aromatic nitrogens is 1. The normalized spacial score (nSPS) is 21.9. The van der Waals surface area contributed by atoms with E-state index in [0.29, 0.717) is 12.1 Å². The molecule has 0 aromatic carbocycles. The summed E-state index contributed by atoms with van der Waals surface area (Å²) in [6, 6.07) is 1.18. The van der Waals surface area contributed by atoms with Crippen LogP contribution in [0.25, 0.3) is 0 Å². The van der Waals surface area contributed by atoms with Gasteiger partial charge in [-0.3, -0.25) is 4.90 Å². The van der Waals surface area contributed by atoms with E-state index in [0.717, 1.165) is 13.1 Å². The minimum Gasteiger partial charge on any atom is -0.308 e. The van der Waals surface area contributed by atoms with Gasteiger partial charge >= 0.3 is 0 Å². The van der Waals surface area contributed by atoms with Crippen molar-refractivity contribution in [3.63, 3.8) is 0 Å². The van der Waals surface area contributed by atoms with Crippen LogP contribution in [0.2, 0.25) is 0 Å². The lowest BCUT2D eigenvalue weighted by Crippen LogP contribution is -2.39. The molecule has 120 valence electrons. The van der Waals surface area contributed by atoms with E-state index in [-0.39, 0.29) is 0 Å². The molecule has 1 atom stereocenters. The molecular formula is C16H30N4S. The fourth-order valence-corrected chi connectivity index (χ4v) is 3.63. The molecule has 0 bridgehead atoms. The Bertz CT molecular complexity index is 418. The highest BCUT2D eigenvalue weighted by Crippen LogP contribution is 2.17. The Morgan fingerprint density at radius 1 is 1.43 bits per heavy atom. The van der Waals surface area contributed by atoms with E-state index < -0.39 is 0 Å². The fourth-order valence-electron chi connectivity index (χ4n) is 2.89. The van der Waals surface area contributed by atoms with Gasteiger partial charge in [0.25, 0.3) is 0 Å². The second kappa shape index (κ2) is 8.22. The molecule has 0 radical (unpaired) electrons. The summed E-state index contributed by atoms with van der Waals surface area (Å²) in [4.78, 5) is 9.88. The van der Waals surface area contributed by atoms with Gasteiger partial charge in [-0.1, -0.05) is 20.8 Å². The van der Waals surface area contributed by atoms with Crippen molar-refractivity contribution < 1.29 is 0 Å². The first-order chi connectivity index (χ1) is 10.1. The molecule has 0 spiro atoms. The van der Waals surface area contributed by atoms with Crippen LogP contribution in [-0.2, 0) is 13.1 Å². The molecule has 1 aromatic heterocycles. The van der Waals surface area contributed by atoms with Crippen LogP contribution >= 0.6 is 11.3 Å². The van der Waals surface area contributed by atoms with Crippen LogP contribution < -0.4 is 5.32 Å². The lowest BCUT2D eigenvalue weighted by molar-refractivity contribution is 0.174. The maximum atomic E-state index is 4.80. The fraction of sp³-hybridized carbons (Fsp3) is 0.812. The molecule has 1 aromatic rings. The van der Waals surface area contributed by atoms with Gasteiger partial charge in [0.05, 0.1) is 5.69 Å². The van der Waals surface area contributed by atoms with Crippen molar-refractivity contribution in [2.24, 2.45) is 0 Å².